The molecule has 1 fully saturated rings. The second kappa shape index (κ2) is 7.19. The summed E-state index contributed by atoms with van der Waals surface area (Å²) in [4.78, 5) is 25.4. The Bertz CT molecular complexity index is 484. The number of likely N-dealkylation sites (tertiary alicyclic amines) is 1. The topological polar surface area (TPSA) is 95.7 Å². The van der Waals surface area contributed by atoms with E-state index in [-0.39, 0.29) is 18.5 Å². The van der Waals surface area contributed by atoms with Crippen molar-refractivity contribution >= 4 is 11.9 Å². The molecule has 0 saturated carbocycles. The SMILES string of the molecule is NC1CCN(CC(=O)N[C@@H](C(=O)O)c2ccccc2)CC1. The monoisotopic (exact) mass is 291 g/mol. The van der Waals surface area contributed by atoms with Crippen molar-refractivity contribution in [3.05, 3.63) is 35.9 Å². The van der Waals surface area contributed by atoms with Crippen molar-refractivity contribution in [2.75, 3.05) is 19.6 Å². The van der Waals surface area contributed by atoms with Crippen LogP contribution in [0.5, 0.6) is 0 Å². The number of aliphatic carboxylic acids is 1. The van der Waals surface area contributed by atoms with Gasteiger partial charge in [0.05, 0.1) is 6.54 Å². The molecule has 6 nitrogen and oxygen atoms in total. The third-order valence-corrected chi connectivity index (χ3v) is 3.68. The lowest BCUT2D eigenvalue weighted by Gasteiger charge is -2.29. The van der Waals surface area contributed by atoms with Crippen molar-refractivity contribution in [1.82, 2.24) is 10.2 Å². The van der Waals surface area contributed by atoms with Gasteiger partial charge in [-0.1, -0.05) is 30.3 Å². The van der Waals surface area contributed by atoms with Gasteiger partial charge in [0.1, 0.15) is 0 Å². The Morgan fingerprint density at radius 1 is 1.29 bits per heavy atom. The maximum Gasteiger partial charge on any atom is 0.330 e. The largest absolute Gasteiger partial charge is 0.479 e. The summed E-state index contributed by atoms with van der Waals surface area (Å²) in [5.41, 5.74) is 6.39. The summed E-state index contributed by atoms with van der Waals surface area (Å²) < 4.78 is 0. The number of carbonyl (C=O) groups excluding carboxylic acids is 1. The molecule has 1 aliphatic rings. The Morgan fingerprint density at radius 3 is 2.48 bits per heavy atom. The van der Waals surface area contributed by atoms with Gasteiger partial charge in [0, 0.05) is 19.1 Å². The van der Waals surface area contributed by atoms with Crippen molar-refractivity contribution in [3.8, 4) is 0 Å². The number of rotatable bonds is 5. The zero-order chi connectivity index (χ0) is 15.2. The zero-order valence-electron chi connectivity index (χ0n) is 11.9. The van der Waals surface area contributed by atoms with Gasteiger partial charge in [0.25, 0.3) is 0 Å². The van der Waals surface area contributed by atoms with Gasteiger partial charge in [-0.15, -0.1) is 0 Å². The van der Waals surface area contributed by atoms with Gasteiger partial charge in [-0.3, -0.25) is 9.69 Å². The standard InChI is InChI=1S/C15H21N3O3/c16-12-6-8-18(9-7-12)10-13(19)17-14(15(20)21)11-4-2-1-3-5-11/h1-5,12,14H,6-10,16H2,(H,17,19)(H,20,21)/t14-/m1/s1. The fourth-order valence-corrected chi connectivity index (χ4v) is 2.45. The second-order valence-electron chi connectivity index (χ2n) is 5.36. The van der Waals surface area contributed by atoms with Crippen molar-refractivity contribution in [3.63, 3.8) is 0 Å². The smallest absolute Gasteiger partial charge is 0.330 e. The first-order chi connectivity index (χ1) is 10.1. The molecule has 1 saturated heterocycles. The van der Waals surface area contributed by atoms with Crippen LogP contribution in [0.2, 0.25) is 0 Å². The van der Waals surface area contributed by atoms with E-state index >= 15 is 0 Å². The fourth-order valence-electron chi connectivity index (χ4n) is 2.45. The van der Waals surface area contributed by atoms with Crippen LogP contribution in [0, 0.1) is 0 Å². The number of hydrogen-bond acceptors (Lipinski definition) is 4. The van der Waals surface area contributed by atoms with Crippen molar-refractivity contribution < 1.29 is 14.7 Å². The summed E-state index contributed by atoms with van der Waals surface area (Å²) >= 11 is 0. The van der Waals surface area contributed by atoms with E-state index < -0.39 is 12.0 Å². The van der Waals surface area contributed by atoms with E-state index in [4.69, 9.17) is 5.73 Å². The molecule has 1 heterocycles. The number of carboxylic acids is 1. The molecule has 0 radical (unpaired) electrons. The summed E-state index contributed by atoms with van der Waals surface area (Å²) in [6.07, 6.45) is 1.74. The summed E-state index contributed by atoms with van der Waals surface area (Å²) in [5, 5.41) is 11.9. The number of nitrogens with zero attached hydrogens (tertiary/aromatic N) is 1. The minimum absolute atomic E-state index is 0.209. The number of piperidine rings is 1. The van der Waals surface area contributed by atoms with Gasteiger partial charge in [-0.2, -0.15) is 0 Å². The van der Waals surface area contributed by atoms with Crippen LogP contribution in [0.4, 0.5) is 0 Å². The van der Waals surface area contributed by atoms with E-state index in [1.807, 2.05) is 4.90 Å². The van der Waals surface area contributed by atoms with Crippen LogP contribution < -0.4 is 11.1 Å². The highest BCUT2D eigenvalue weighted by Gasteiger charge is 2.24. The second-order valence-corrected chi connectivity index (χ2v) is 5.36. The minimum atomic E-state index is -1.06. The fraction of sp³-hybridized carbons (Fsp3) is 0.467. The average Bonchev–Trinajstić information content (AvgIpc) is 2.48. The van der Waals surface area contributed by atoms with Crippen LogP contribution in [0.3, 0.4) is 0 Å². The van der Waals surface area contributed by atoms with E-state index in [1.54, 1.807) is 30.3 Å². The summed E-state index contributed by atoms with van der Waals surface area (Å²) in [6, 6.07) is 7.90. The maximum atomic E-state index is 12.0. The summed E-state index contributed by atoms with van der Waals surface area (Å²) in [7, 11) is 0. The molecular formula is C15H21N3O3. The van der Waals surface area contributed by atoms with Crippen LogP contribution in [0.1, 0.15) is 24.4 Å². The lowest BCUT2D eigenvalue weighted by molar-refractivity contribution is -0.142. The Balaban J connectivity index is 1.91. The predicted octanol–water partition coefficient (Wildman–Crippen LogP) is 0.352. The van der Waals surface area contributed by atoms with Gasteiger partial charge in [-0.25, -0.2) is 4.79 Å². The van der Waals surface area contributed by atoms with Gasteiger partial charge in [-0.05, 0) is 18.4 Å². The molecule has 1 aliphatic heterocycles. The third kappa shape index (κ3) is 4.54. The average molecular weight is 291 g/mol. The molecule has 0 aliphatic carbocycles. The van der Waals surface area contributed by atoms with Crippen LogP contribution in [0.15, 0.2) is 30.3 Å². The molecule has 0 bridgehead atoms. The van der Waals surface area contributed by atoms with Crippen LogP contribution >= 0.6 is 0 Å². The molecule has 4 N–H and O–H groups in total. The summed E-state index contributed by atoms with van der Waals surface area (Å²) in [5.74, 6) is -1.34. The highest BCUT2D eigenvalue weighted by Crippen LogP contribution is 2.13. The van der Waals surface area contributed by atoms with Crippen molar-refractivity contribution in [2.24, 2.45) is 5.73 Å². The van der Waals surface area contributed by atoms with Gasteiger partial charge in [0.15, 0.2) is 6.04 Å². The molecule has 0 spiro atoms. The summed E-state index contributed by atoms with van der Waals surface area (Å²) in [6.45, 7) is 1.76. The number of nitrogens with two attached hydrogens (primary N) is 1. The molecule has 6 heteroatoms. The molecule has 1 amide bonds. The minimum Gasteiger partial charge on any atom is -0.479 e. The van der Waals surface area contributed by atoms with Crippen molar-refractivity contribution in [2.45, 2.75) is 24.9 Å². The molecule has 1 aromatic carbocycles. The Morgan fingerprint density at radius 2 is 1.90 bits per heavy atom. The number of hydrogen-bond donors (Lipinski definition) is 3. The molecule has 0 unspecified atom stereocenters. The molecule has 1 atom stereocenters. The Hall–Kier alpha value is -1.92. The van der Waals surface area contributed by atoms with Crippen LogP contribution in [0.25, 0.3) is 0 Å². The van der Waals surface area contributed by atoms with E-state index in [2.05, 4.69) is 5.32 Å². The van der Waals surface area contributed by atoms with E-state index in [9.17, 15) is 14.7 Å². The van der Waals surface area contributed by atoms with E-state index in [0.717, 1.165) is 25.9 Å². The van der Waals surface area contributed by atoms with E-state index in [0.29, 0.717) is 5.56 Å². The highest BCUT2D eigenvalue weighted by atomic mass is 16.4. The predicted molar refractivity (Wildman–Crippen MR) is 78.6 cm³/mol. The molecule has 114 valence electrons. The van der Waals surface area contributed by atoms with E-state index in [1.165, 1.54) is 0 Å². The lowest BCUT2D eigenvalue weighted by atomic mass is 10.1. The first-order valence-corrected chi connectivity index (χ1v) is 7.11. The normalized spacial score (nSPS) is 18.1. The molecule has 21 heavy (non-hydrogen) atoms. The zero-order valence-corrected chi connectivity index (χ0v) is 11.9. The molecule has 0 aromatic heterocycles. The van der Waals surface area contributed by atoms with Crippen LogP contribution in [-0.2, 0) is 9.59 Å². The Kier molecular flexibility index (Phi) is 5.30. The number of carbonyl (C=O) groups is 2. The molecule has 1 aromatic rings. The molecular weight excluding hydrogens is 270 g/mol. The first kappa shape index (κ1) is 15.5. The Labute approximate surface area is 123 Å². The quantitative estimate of drug-likeness (QED) is 0.727. The van der Waals surface area contributed by atoms with Crippen LogP contribution in [-0.4, -0.2) is 47.6 Å². The number of carboxylic acid groups (broad SMARTS) is 1. The van der Waals surface area contributed by atoms with Crippen molar-refractivity contribution in [1.29, 1.82) is 0 Å². The number of amides is 1. The number of benzene rings is 1. The van der Waals surface area contributed by atoms with Gasteiger partial charge in [0.2, 0.25) is 5.91 Å². The first-order valence-electron chi connectivity index (χ1n) is 7.11. The van der Waals surface area contributed by atoms with Gasteiger partial charge >= 0.3 is 5.97 Å². The third-order valence-electron chi connectivity index (χ3n) is 3.68. The highest BCUT2D eigenvalue weighted by molar-refractivity contribution is 5.85. The maximum absolute atomic E-state index is 12.0. The number of nitrogens with one attached hydrogen (secondary N) is 1. The lowest BCUT2D eigenvalue weighted by Crippen LogP contribution is -2.46. The van der Waals surface area contributed by atoms with Gasteiger partial charge < -0.3 is 16.2 Å². The molecule has 2 rings (SSSR count).